The number of hydrogen-bond acceptors (Lipinski definition) is 7. The first-order valence-corrected chi connectivity index (χ1v) is 14.0. The van der Waals surface area contributed by atoms with Gasteiger partial charge in [0.2, 0.25) is 11.8 Å². The van der Waals surface area contributed by atoms with Crippen LogP contribution in [0.5, 0.6) is 11.5 Å². The van der Waals surface area contributed by atoms with Gasteiger partial charge < -0.3 is 9.47 Å². The molecule has 5 rings (SSSR count). The summed E-state index contributed by atoms with van der Waals surface area (Å²) in [5, 5.41) is 10.8. The second kappa shape index (κ2) is 11.3. The van der Waals surface area contributed by atoms with E-state index >= 15 is 0 Å². The summed E-state index contributed by atoms with van der Waals surface area (Å²) in [6, 6.07) is 18.9. The molecule has 1 saturated carbocycles. The fraction of sp³-hybridized carbons (Fsp3) is 0.250. The molecule has 3 aromatic carbocycles. The molecule has 200 valence electrons. The zero-order chi connectivity index (χ0) is 27.7. The second-order valence-corrected chi connectivity index (χ2v) is 11.7. The number of alkyl halides is 2. The highest BCUT2D eigenvalue weighted by atomic mass is 79.9. The summed E-state index contributed by atoms with van der Waals surface area (Å²) in [4.78, 5) is 50.5. The maximum Gasteiger partial charge on any atom is 0.338 e. The fourth-order valence-corrected chi connectivity index (χ4v) is 6.04. The fourth-order valence-electron chi connectivity index (χ4n) is 4.80. The van der Waals surface area contributed by atoms with Crippen LogP contribution in [-0.4, -0.2) is 32.4 Å². The minimum absolute atomic E-state index is 0.00801. The van der Waals surface area contributed by atoms with Gasteiger partial charge in [0.25, 0.3) is 5.69 Å². The van der Waals surface area contributed by atoms with Crippen LogP contribution in [0.1, 0.15) is 28.8 Å². The first-order chi connectivity index (χ1) is 18.7. The lowest BCUT2D eigenvalue weighted by Crippen LogP contribution is -2.34. The minimum Gasteiger partial charge on any atom is -0.457 e. The van der Waals surface area contributed by atoms with E-state index in [2.05, 4.69) is 31.9 Å². The number of ether oxygens (including phenoxy) is 2. The van der Waals surface area contributed by atoms with Crippen molar-refractivity contribution >= 4 is 61.0 Å². The van der Waals surface area contributed by atoms with Crippen molar-refractivity contribution < 1.29 is 28.8 Å². The molecule has 1 aliphatic carbocycles. The molecule has 2 fully saturated rings. The Kier molecular flexibility index (Phi) is 7.81. The molecule has 0 bridgehead atoms. The number of imide groups is 1. The van der Waals surface area contributed by atoms with E-state index in [0.717, 1.165) is 0 Å². The van der Waals surface area contributed by atoms with E-state index in [1.54, 1.807) is 36.4 Å². The normalized spacial score (nSPS) is 22.4. The first kappa shape index (κ1) is 27.0. The molecule has 11 heteroatoms. The summed E-state index contributed by atoms with van der Waals surface area (Å²) in [6.07, 6.45) is 1.18. The van der Waals surface area contributed by atoms with E-state index in [0.29, 0.717) is 35.6 Å². The topological polar surface area (TPSA) is 116 Å². The van der Waals surface area contributed by atoms with Gasteiger partial charge in [0.1, 0.15) is 18.1 Å². The van der Waals surface area contributed by atoms with E-state index in [1.807, 2.05) is 0 Å². The van der Waals surface area contributed by atoms with Crippen molar-refractivity contribution in [3.63, 3.8) is 0 Å². The van der Waals surface area contributed by atoms with Crippen LogP contribution in [0.4, 0.5) is 11.4 Å². The van der Waals surface area contributed by atoms with Gasteiger partial charge in [-0.3, -0.25) is 24.6 Å². The number of nitrogens with zero attached hydrogens (tertiary/aromatic N) is 2. The summed E-state index contributed by atoms with van der Waals surface area (Å²) >= 11 is 7.18. The molecule has 39 heavy (non-hydrogen) atoms. The Bertz CT molecular complexity index is 1400. The van der Waals surface area contributed by atoms with Crippen molar-refractivity contribution in [2.24, 2.45) is 11.8 Å². The molecule has 3 aromatic rings. The van der Waals surface area contributed by atoms with Crippen molar-refractivity contribution in [3.8, 4) is 11.5 Å². The summed E-state index contributed by atoms with van der Waals surface area (Å²) in [6.45, 7) is -0.00801. The second-order valence-electron chi connectivity index (χ2n) is 9.35. The average Bonchev–Trinajstić information content (AvgIpc) is 3.16. The lowest BCUT2D eigenvalue weighted by Gasteiger charge is -2.29. The molecule has 1 heterocycles. The Balaban J connectivity index is 1.20. The molecule has 1 saturated heterocycles. The number of carbonyl (C=O) groups is 3. The number of nitro benzene ring substituents is 1. The van der Waals surface area contributed by atoms with Crippen LogP contribution in [0, 0.1) is 22.0 Å². The first-order valence-electron chi connectivity index (χ1n) is 12.2. The quantitative estimate of drug-likeness (QED) is 0.0981. The number of non-ortho nitro benzene ring substituents is 1. The van der Waals surface area contributed by atoms with E-state index in [9.17, 15) is 24.5 Å². The van der Waals surface area contributed by atoms with Crippen LogP contribution in [-0.2, 0) is 20.9 Å². The van der Waals surface area contributed by atoms with Crippen LogP contribution >= 0.6 is 31.9 Å². The van der Waals surface area contributed by atoms with Gasteiger partial charge in [-0.25, -0.2) is 4.79 Å². The third-order valence-electron chi connectivity index (χ3n) is 6.82. The minimum atomic E-state index is -0.555. The Hall–Kier alpha value is -3.57. The SMILES string of the molecule is O=C(OCc1cccc(Oc2ccc([N+](=O)[O-])cc2)c1)c1ccc(N2C(=O)[C@H]3C[C@H](Br)[C@@H](Br)C[C@H]3C2=O)cc1. The van der Waals surface area contributed by atoms with Crippen molar-refractivity contribution in [1.82, 2.24) is 0 Å². The molecule has 0 spiro atoms. The number of carbonyl (C=O) groups excluding carboxylic acids is 3. The molecule has 2 aliphatic rings. The summed E-state index contributed by atoms with van der Waals surface area (Å²) in [5.41, 5.74) is 1.37. The molecule has 0 unspecified atom stereocenters. The van der Waals surface area contributed by atoms with E-state index < -0.39 is 10.9 Å². The standard InChI is InChI=1S/C28H22Br2N2O7/c29-24-13-22-23(14-25(24)30)27(34)31(26(22)33)18-6-4-17(5-7-18)28(35)38-15-16-2-1-3-21(12-16)39-20-10-8-19(9-11-20)32(36)37/h1-12,22-25H,13-15H2/t22-,23+,24-,25-/m0/s1. The van der Waals surface area contributed by atoms with Gasteiger partial charge in [0, 0.05) is 21.8 Å². The molecule has 1 aliphatic heterocycles. The van der Waals surface area contributed by atoms with Crippen molar-refractivity contribution in [2.75, 3.05) is 4.90 Å². The number of amides is 2. The monoisotopic (exact) mass is 656 g/mol. The maximum absolute atomic E-state index is 13.0. The molecule has 0 aromatic heterocycles. The molecule has 2 amide bonds. The van der Waals surface area contributed by atoms with Crippen LogP contribution < -0.4 is 9.64 Å². The lowest BCUT2D eigenvalue weighted by molar-refractivity contribution is -0.384. The Morgan fingerprint density at radius 2 is 1.51 bits per heavy atom. The molecule has 4 atom stereocenters. The third kappa shape index (κ3) is 5.74. The zero-order valence-corrected chi connectivity index (χ0v) is 23.5. The zero-order valence-electron chi connectivity index (χ0n) is 20.4. The van der Waals surface area contributed by atoms with Gasteiger partial charge in [0.15, 0.2) is 0 Å². The van der Waals surface area contributed by atoms with Crippen molar-refractivity contribution in [1.29, 1.82) is 0 Å². The predicted molar refractivity (Wildman–Crippen MR) is 149 cm³/mol. The Morgan fingerprint density at radius 1 is 0.897 bits per heavy atom. The number of halogens is 2. The van der Waals surface area contributed by atoms with Crippen LogP contribution in [0.15, 0.2) is 72.8 Å². The number of esters is 1. The predicted octanol–water partition coefficient (Wildman–Crippen LogP) is 6.17. The van der Waals surface area contributed by atoms with E-state index in [1.165, 1.54) is 41.3 Å². The van der Waals surface area contributed by atoms with Gasteiger partial charge in [-0.15, -0.1) is 0 Å². The molecule has 0 N–H and O–H groups in total. The Labute approximate surface area is 240 Å². The van der Waals surface area contributed by atoms with Gasteiger partial charge in [0.05, 0.1) is 28.0 Å². The molecular weight excluding hydrogens is 636 g/mol. The van der Waals surface area contributed by atoms with Gasteiger partial charge >= 0.3 is 5.97 Å². The van der Waals surface area contributed by atoms with Crippen LogP contribution in [0.25, 0.3) is 0 Å². The number of rotatable bonds is 7. The van der Waals surface area contributed by atoms with E-state index in [-0.39, 0.29) is 51.2 Å². The largest absolute Gasteiger partial charge is 0.457 e. The summed E-state index contributed by atoms with van der Waals surface area (Å²) in [7, 11) is 0. The lowest BCUT2D eigenvalue weighted by atomic mass is 9.81. The van der Waals surface area contributed by atoms with Crippen LogP contribution in [0.2, 0.25) is 0 Å². The van der Waals surface area contributed by atoms with Crippen LogP contribution in [0.3, 0.4) is 0 Å². The van der Waals surface area contributed by atoms with Gasteiger partial charge in [-0.1, -0.05) is 44.0 Å². The van der Waals surface area contributed by atoms with Crippen molar-refractivity contribution in [3.05, 3.63) is 94.0 Å². The third-order valence-corrected chi connectivity index (χ3v) is 9.56. The van der Waals surface area contributed by atoms with Crippen molar-refractivity contribution in [2.45, 2.75) is 29.1 Å². The number of anilines is 1. The number of benzene rings is 3. The highest BCUT2D eigenvalue weighted by Crippen LogP contribution is 2.44. The van der Waals surface area contributed by atoms with E-state index in [4.69, 9.17) is 9.47 Å². The summed E-state index contributed by atoms with van der Waals surface area (Å²) < 4.78 is 11.2. The smallest absolute Gasteiger partial charge is 0.338 e. The average molecular weight is 658 g/mol. The number of hydrogen-bond donors (Lipinski definition) is 0. The highest BCUT2D eigenvalue weighted by Gasteiger charge is 2.52. The maximum atomic E-state index is 13.0. The van der Waals surface area contributed by atoms with Gasteiger partial charge in [-0.05, 0) is 66.9 Å². The summed E-state index contributed by atoms with van der Waals surface area (Å²) in [5.74, 6) is -0.746. The Morgan fingerprint density at radius 3 is 2.10 bits per heavy atom. The molecule has 0 radical (unpaired) electrons. The highest BCUT2D eigenvalue weighted by molar-refractivity contribution is 9.12. The molecule has 9 nitrogen and oxygen atoms in total. The number of fused-ring (bicyclic) bond motifs is 1. The molecular formula is C28H22Br2N2O7. The number of nitro groups is 1. The van der Waals surface area contributed by atoms with Gasteiger partial charge in [-0.2, -0.15) is 0 Å².